The molecule has 1 aromatic carbocycles. The zero-order valence-electron chi connectivity index (χ0n) is 12.8. The minimum atomic E-state index is -0.790. The van der Waals surface area contributed by atoms with Crippen LogP contribution < -0.4 is 11.1 Å². The van der Waals surface area contributed by atoms with Crippen molar-refractivity contribution < 1.29 is 9.00 Å². The first kappa shape index (κ1) is 17.9. The first-order chi connectivity index (χ1) is 10.2. The molecule has 0 aliphatic carbocycles. The number of amides is 1. The average Bonchev–Trinajstić information content (AvgIpc) is 2.48. The molecule has 0 heterocycles. The molecule has 3 N–H and O–H groups in total. The van der Waals surface area contributed by atoms with Crippen molar-refractivity contribution in [3.8, 4) is 0 Å². The van der Waals surface area contributed by atoms with Gasteiger partial charge in [-0.2, -0.15) is 0 Å². The largest absolute Gasteiger partial charge is 0.326 e. The number of rotatable bonds is 10. The van der Waals surface area contributed by atoms with Crippen molar-refractivity contribution in [2.24, 2.45) is 5.73 Å². The summed E-state index contributed by atoms with van der Waals surface area (Å²) in [7, 11) is -0.790. The molecule has 1 atom stereocenters. The lowest BCUT2D eigenvalue weighted by Gasteiger charge is -2.09. The molecule has 0 bridgehead atoms. The Balaban J connectivity index is 2.26. The maximum Gasteiger partial charge on any atom is 0.224 e. The summed E-state index contributed by atoms with van der Waals surface area (Å²) in [5.41, 5.74) is 7.33. The van der Waals surface area contributed by atoms with E-state index in [2.05, 4.69) is 12.2 Å². The number of unbranched alkanes of at least 4 members (excludes halogenated alkanes) is 2. The summed E-state index contributed by atoms with van der Waals surface area (Å²) in [6.07, 6.45) is 4.34. The van der Waals surface area contributed by atoms with Crippen LogP contribution in [0.1, 0.15) is 44.6 Å². The molecule has 21 heavy (non-hydrogen) atoms. The first-order valence-corrected chi connectivity index (χ1v) is 9.09. The normalized spacial score (nSPS) is 12.1. The van der Waals surface area contributed by atoms with Crippen molar-refractivity contribution in [2.45, 2.75) is 45.6 Å². The molecule has 4 nitrogen and oxygen atoms in total. The van der Waals surface area contributed by atoms with Crippen LogP contribution in [0.15, 0.2) is 24.3 Å². The van der Waals surface area contributed by atoms with E-state index in [9.17, 15) is 9.00 Å². The van der Waals surface area contributed by atoms with Crippen LogP contribution in [0.3, 0.4) is 0 Å². The third kappa shape index (κ3) is 7.39. The molecule has 0 saturated carbocycles. The van der Waals surface area contributed by atoms with Gasteiger partial charge < -0.3 is 11.1 Å². The molecular weight excluding hydrogens is 284 g/mol. The van der Waals surface area contributed by atoms with Crippen LogP contribution in [0, 0.1) is 0 Å². The van der Waals surface area contributed by atoms with Gasteiger partial charge in [-0.15, -0.1) is 0 Å². The topological polar surface area (TPSA) is 72.2 Å². The fraction of sp³-hybridized carbons (Fsp3) is 0.562. The van der Waals surface area contributed by atoms with E-state index in [-0.39, 0.29) is 5.91 Å². The molecule has 1 rings (SSSR count). The van der Waals surface area contributed by atoms with Crippen molar-refractivity contribution in [1.29, 1.82) is 0 Å². The molecule has 118 valence electrons. The highest BCUT2D eigenvalue weighted by Gasteiger charge is 2.07. The lowest BCUT2D eigenvalue weighted by Crippen LogP contribution is -2.15. The lowest BCUT2D eigenvalue weighted by atomic mass is 10.1. The highest BCUT2D eigenvalue weighted by Crippen LogP contribution is 2.14. The second kappa shape index (κ2) is 10.5. The van der Waals surface area contributed by atoms with E-state index < -0.39 is 10.8 Å². The molecule has 0 fully saturated rings. The standard InChI is InChI=1S/C16H26N2O2S/c1-2-3-6-11-21(20)12-7-10-16(19)18-15-9-5-4-8-14(15)13-17/h4-5,8-9H,2-3,6-7,10-13,17H2,1H3,(H,18,19). The Labute approximate surface area is 130 Å². The number of hydrogen-bond acceptors (Lipinski definition) is 3. The van der Waals surface area contributed by atoms with Crippen LogP contribution in [0.25, 0.3) is 0 Å². The Bertz CT molecular complexity index is 463. The molecule has 0 saturated heterocycles. The number of carbonyl (C=O) groups is 1. The molecular formula is C16H26N2O2S. The van der Waals surface area contributed by atoms with E-state index in [1.807, 2.05) is 24.3 Å². The van der Waals surface area contributed by atoms with Crippen LogP contribution >= 0.6 is 0 Å². The van der Waals surface area contributed by atoms with E-state index in [1.165, 1.54) is 0 Å². The van der Waals surface area contributed by atoms with Crippen molar-refractivity contribution in [3.05, 3.63) is 29.8 Å². The number of nitrogens with one attached hydrogen (secondary N) is 1. The maximum absolute atomic E-state index is 11.9. The SMILES string of the molecule is CCCCCS(=O)CCCC(=O)Nc1ccccc1CN. The van der Waals surface area contributed by atoms with Crippen LogP contribution in [0.4, 0.5) is 5.69 Å². The summed E-state index contributed by atoms with van der Waals surface area (Å²) in [5.74, 6) is 1.32. The Kier molecular flexibility index (Phi) is 8.94. The molecule has 0 aromatic heterocycles. The number of anilines is 1. The fourth-order valence-electron chi connectivity index (χ4n) is 2.04. The molecule has 5 heteroatoms. The van der Waals surface area contributed by atoms with Gasteiger partial charge in [0, 0.05) is 41.0 Å². The van der Waals surface area contributed by atoms with Crippen LogP contribution in [0.2, 0.25) is 0 Å². The van der Waals surface area contributed by atoms with Gasteiger partial charge in [-0.05, 0) is 24.5 Å². The smallest absolute Gasteiger partial charge is 0.224 e. The minimum Gasteiger partial charge on any atom is -0.326 e. The second-order valence-corrected chi connectivity index (χ2v) is 6.76. The summed E-state index contributed by atoms with van der Waals surface area (Å²) in [4.78, 5) is 11.9. The lowest BCUT2D eigenvalue weighted by molar-refractivity contribution is -0.116. The van der Waals surface area contributed by atoms with Gasteiger partial charge in [-0.1, -0.05) is 38.0 Å². The predicted molar refractivity (Wildman–Crippen MR) is 89.6 cm³/mol. The van der Waals surface area contributed by atoms with E-state index in [0.29, 0.717) is 25.1 Å². The van der Waals surface area contributed by atoms with Gasteiger partial charge in [0.2, 0.25) is 5.91 Å². The number of para-hydroxylation sites is 1. The van der Waals surface area contributed by atoms with Crippen LogP contribution in [0.5, 0.6) is 0 Å². The number of carbonyl (C=O) groups excluding carboxylic acids is 1. The Morgan fingerprint density at radius 1 is 1.19 bits per heavy atom. The molecule has 0 spiro atoms. The number of benzene rings is 1. The second-order valence-electron chi connectivity index (χ2n) is 5.07. The van der Waals surface area contributed by atoms with Gasteiger partial charge in [0.25, 0.3) is 0 Å². The van der Waals surface area contributed by atoms with E-state index in [4.69, 9.17) is 5.73 Å². The highest BCUT2D eigenvalue weighted by atomic mass is 32.2. The zero-order chi connectivity index (χ0) is 15.5. The quantitative estimate of drug-likeness (QED) is 0.653. The van der Waals surface area contributed by atoms with Crippen molar-refractivity contribution >= 4 is 22.4 Å². The Morgan fingerprint density at radius 3 is 2.62 bits per heavy atom. The highest BCUT2D eigenvalue weighted by molar-refractivity contribution is 7.84. The van der Waals surface area contributed by atoms with E-state index in [1.54, 1.807) is 0 Å². The van der Waals surface area contributed by atoms with Gasteiger partial charge in [0.15, 0.2) is 0 Å². The van der Waals surface area contributed by atoms with Crippen molar-refractivity contribution in [1.82, 2.24) is 0 Å². The summed E-state index contributed by atoms with van der Waals surface area (Å²) >= 11 is 0. The summed E-state index contributed by atoms with van der Waals surface area (Å²) in [5, 5.41) is 2.87. The van der Waals surface area contributed by atoms with Gasteiger partial charge >= 0.3 is 0 Å². The summed E-state index contributed by atoms with van der Waals surface area (Å²) < 4.78 is 11.7. The van der Waals surface area contributed by atoms with E-state index >= 15 is 0 Å². The molecule has 1 unspecified atom stereocenters. The molecule has 0 radical (unpaired) electrons. The monoisotopic (exact) mass is 310 g/mol. The molecule has 0 aliphatic heterocycles. The maximum atomic E-state index is 11.9. The van der Waals surface area contributed by atoms with Crippen molar-refractivity contribution in [2.75, 3.05) is 16.8 Å². The molecule has 0 aliphatic rings. The first-order valence-electron chi connectivity index (χ1n) is 7.60. The zero-order valence-corrected chi connectivity index (χ0v) is 13.6. The van der Waals surface area contributed by atoms with Gasteiger partial charge in [-0.3, -0.25) is 9.00 Å². The minimum absolute atomic E-state index is 0.0403. The van der Waals surface area contributed by atoms with Gasteiger partial charge in [0.05, 0.1) is 0 Å². The molecule has 1 aromatic rings. The van der Waals surface area contributed by atoms with Crippen molar-refractivity contribution in [3.63, 3.8) is 0 Å². The fourth-order valence-corrected chi connectivity index (χ4v) is 3.24. The average molecular weight is 310 g/mol. The predicted octanol–water partition coefficient (Wildman–Crippen LogP) is 2.80. The van der Waals surface area contributed by atoms with Crippen LogP contribution in [-0.2, 0) is 22.1 Å². The number of hydrogen-bond donors (Lipinski definition) is 2. The Hall–Kier alpha value is -1.20. The third-order valence-corrected chi connectivity index (χ3v) is 4.75. The Morgan fingerprint density at radius 2 is 1.90 bits per heavy atom. The third-order valence-electron chi connectivity index (χ3n) is 3.26. The number of nitrogens with two attached hydrogens (primary N) is 1. The van der Waals surface area contributed by atoms with E-state index in [0.717, 1.165) is 36.3 Å². The van der Waals surface area contributed by atoms with Crippen LogP contribution in [-0.4, -0.2) is 21.6 Å². The summed E-state index contributed by atoms with van der Waals surface area (Å²) in [6.45, 7) is 2.53. The van der Waals surface area contributed by atoms with Gasteiger partial charge in [0.1, 0.15) is 0 Å². The van der Waals surface area contributed by atoms with Gasteiger partial charge in [-0.25, -0.2) is 0 Å². The summed E-state index contributed by atoms with van der Waals surface area (Å²) in [6, 6.07) is 7.52. The molecule has 1 amide bonds.